The molecule has 3 nitrogen and oxygen atoms in total. The highest BCUT2D eigenvalue weighted by atomic mass is 127. The van der Waals surface area contributed by atoms with Gasteiger partial charge in [-0.3, -0.25) is 0 Å². The van der Waals surface area contributed by atoms with Gasteiger partial charge in [0.25, 0.3) is 0 Å². The zero-order chi connectivity index (χ0) is 11.4. The van der Waals surface area contributed by atoms with Crippen molar-refractivity contribution in [3.05, 3.63) is 31.3 Å². The highest BCUT2D eigenvalue weighted by molar-refractivity contribution is 14.1. The van der Waals surface area contributed by atoms with Crippen LogP contribution in [-0.2, 0) is 4.74 Å². The molecule has 0 aromatic heterocycles. The molecule has 0 N–H and O–H groups in total. The van der Waals surface area contributed by atoms with Crippen LogP contribution in [0.4, 0.5) is 0 Å². The molecule has 0 amide bonds. The Labute approximate surface area is 110 Å². The van der Waals surface area contributed by atoms with Crippen LogP contribution >= 0.6 is 38.5 Å². The molecule has 1 aromatic rings. The highest BCUT2D eigenvalue weighted by Crippen LogP contribution is 2.25. The summed E-state index contributed by atoms with van der Waals surface area (Å²) in [7, 11) is 0. The molecule has 0 saturated heterocycles. The number of esters is 1. The largest absolute Gasteiger partial charge is 0.462 e. The van der Waals surface area contributed by atoms with Crippen molar-refractivity contribution in [2.24, 2.45) is 0 Å². The van der Waals surface area contributed by atoms with E-state index in [4.69, 9.17) is 10.00 Å². The Morgan fingerprint density at radius 3 is 2.87 bits per heavy atom. The van der Waals surface area contributed by atoms with Crippen LogP contribution in [0.25, 0.3) is 0 Å². The number of carbonyl (C=O) groups is 1. The Balaban J connectivity index is 3.23. The zero-order valence-corrected chi connectivity index (χ0v) is 11.6. The number of hydrogen-bond acceptors (Lipinski definition) is 3. The molecule has 0 saturated carbocycles. The third kappa shape index (κ3) is 2.92. The van der Waals surface area contributed by atoms with Crippen molar-refractivity contribution in [1.82, 2.24) is 0 Å². The summed E-state index contributed by atoms with van der Waals surface area (Å²) in [5, 5.41) is 8.76. The molecular formula is C10H7BrINO2. The van der Waals surface area contributed by atoms with Gasteiger partial charge in [-0.25, -0.2) is 4.79 Å². The second-order valence-corrected chi connectivity index (χ2v) is 4.58. The van der Waals surface area contributed by atoms with E-state index in [1.54, 1.807) is 13.0 Å². The van der Waals surface area contributed by atoms with Crippen LogP contribution in [0.2, 0.25) is 0 Å². The van der Waals surface area contributed by atoms with Crippen LogP contribution in [0.15, 0.2) is 16.6 Å². The third-order valence-electron chi connectivity index (χ3n) is 1.65. The van der Waals surface area contributed by atoms with Crippen molar-refractivity contribution in [2.75, 3.05) is 6.61 Å². The van der Waals surface area contributed by atoms with Gasteiger partial charge >= 0.3 is 5.97 Å². The summed E-state index contributed by atoms with van der Waals surface area (Å²) in [5.74, 6) is -0.403. The van der Waals surface area contributed by atoms with E-state index in [9.17, 15) is 4.79 Å². The molecule has 15 heavy (non-hydrogen) atoms. The van der Waals surface area contributed by atoms with Gasteiger partial charge in [0.15, 0.2) is 0 Å². The predicted octanol–water partition coefficient (Wildman–Crippen LogP) is 3.10. The molecule has 0 unspecified atom stereocenters. The molecule has 1 rings (SSSR count). The summed E-state index contributed by atoms with van der Waals surface area (Å²) >= 11 is 5.33. The molecule has 0 bridgehead atoms. The van der Waals surface area contributed by atoms with Crippen molar-refractivity contribution in [2.45, 2.75) is 6.92 Å². The van der Waals surface area contributed by atoms with Crippen LogP contribution < -0.4 is 0 Å². The first kappa shape index (κ1) is 12.5. The van der Waals surface area contributed by atoms with Crippen LogP contribution in [0, 0.1) is 14.9 Å². The molecular weight excluding hydrogens is 373 g/mol. The lowest BCUT2D eigenvalue weighted by atomic mass is 10.1. The predicted molar refractivity (Wildman–Crippen MR) is 67.5 cm³/mol. The quantitative estimate of drug-likeness (QED) is 0.586. The molecule has 0 fully saturated rings. The number of halogens is 2. The minimum Gasteiger partial charge on any atom is -0.462 e. The number of carbonyl (C=O) groups excluding carboxylic acids is 1. The van der Waals surface area contributed by atoms with Gasteiger partial charge in [-0.15, -0.1) is 0 Å². The van der Waals surface area contributed by atoms with Crippen molar-refractivity contribution in [3.63, 3.8) is 0 Å². The normalized spacial score (nSPS) is 9.47. The third-order valence-corrected chi connectivity index (χ3v) is 4.18. The molecule has 0 radical (unpaired) electrons. The Kier molecular flexibility index (Phi) is 4.54. The van der Waals surface area contributed by atoms with Crippen molar-refractivity contribution >= 4 is 44.5 Å². The first-order valence-electron chi connectivity index (χ1n) is 4.16. The molecule has 0 heterocycles. The van der Waals surface area contributed by atoms with Crippen molar-refractivity contribution in [3.8, 4) is 6.07 Å². The van der Waals surface area contributed by atoms with Crippen LogP contribution in [0.5, 0.6) is 0 Å². The number of benzene rings is 1. The SMILES string of the molecule is CCOC(=O)c1cc(C#N)cc(Br)c1I. The summed E-state index contributed by atoms with van der Waals surface area (Å²) in [4.78, 5) is 11.5. The summed E-state index contributed by atoms with van der Waals surface area (Å²) < 4.78 is 6.37. The minimum atomic E-state index is -0.403. The molecule has 0 aliphatic rings. The molecule has 0 aliphatic carbocycles. The van der Waals surface area contributed by atoms with E-state index in [0.29, 0.717) is 17.7 Å². The summed E-state index contributed by atoms with van der Waals surface area (Å²) in [5.41, 5.74) is 0.855. The maximum Gasteiger partial charge on any atom is 0.339 e. The van der Waals surface area contributed by atoms with Crippen LogP contribution in [0.3, 0.4) is 0 Å². The van der Waals surface area contributed by atoms with E-state index in [1.165, 1.54) is 6.07 Å². The van der Waals surface area contributed by atoms with Gasteiger partial charge in [0.2, 0.25) is 0 Å². The fourth-order valence-corrected chi connectivity index (χ4v) is 2.00. The average Bonchev–Trinajstić information content (AvgIpc) is 2.22. The fourth-order valence-electron chi connectivity index (χ4n) is 1.01. The van der Waals surface area contributed by atoms with Gasteiger partial charge in [-0.2, -0.15) is 5.26 Å². The number of ether oxygens (including phenoxy) is 1. The maximum atomic E-state index is 11.5. The maximum absolute atomic E-state index is 11.5. The first-order valence-corrected chi connectivity index (χ1v) is 6.03. The lowest BCUT2D eigenvalue weighted by Gasteiger charge is -2.06. The summed E-state index contributed by atoms with van der Waals surface area (Å²) in [6.07, 6.45) is 0. The number of nitrogens with zero attached hydrogens (tertiary/aromatic N) is 1. The first-order chi connectivity index (χ1) is 7.10. The Morgan fingerprint density at radius 1 is 1.67 bits per heavy atom. The Hall–Kier alpha value is -0.610. The second-order valence-electron chi connectivity index (χ2n) is 2.65. The fraction of sp³-hybridized carbons (Fsp3) is 0.200. The Bertz CT molecular complexity index is 440. The monoisotopic (exact) mass is 379 g/mol. The smallest absolute Gasteiger partial charge is 0.339 e. The number of rotatable bonds is 2. The Morgan fingerprint density at radius 2 is 2.33 bits per heavy atom. The number of hydrogen-bond donors (Lipinski definition) is 0. The average molecular weight is 380 g/mol. The topological polar surface area (TPSA) is 50.1 Å². The van der Waals surface area contributed by atoms with Gasteiger partial charge < -0.3 is 4.74 Å². The molecule has 1 aromatic carbocycles. The summed E-state index contributed by atoms with van der Waals surface area (Å²) in [6, 6.07) is 5.19. The molecule has 0 atom stereocenters. The van der Waals surface area contributed by atoms with E-state index < -0.39 is 5.97 Å². The molecule has 78 valence electrons. The van der Waals surface area contributed by atoms with E-state index in [0.717, 1.165) is 8.04 Å². The standard InChI is InChI=1S/C10H7BrINO2/c1-2-15-10(14)7-3-6(5-13)4-8(11)9(7)12/h3-4H,2H2,1H3. The minimum absolute atomic E-state index is 0.323. The molecule has 0 aliphatic heterocycles. The van der Waals surface area contributed by atoms with E-state index in [-0.39, 0.29) is 0 Å². The second kappa shape index (κ2) is 5.47. The van der Waals surface area contributed by atoms with Crippen LogP contribution in [0.1, 0.15) is 22.8 Å². The van der Waals surface area contributed by atoms with Crippen molar-refractivity contribution in [1.29, 1.82) is 5.26 Å². The lowest BCUT2D eigenvalue weighted by Crippen LogP contribution is -2.07. The number of nitriles is 1. The van der Waals surface area contributed by atoms with Crippen LogP contribution in [-0.4, -0.2) is 12.6 Å². The zero-order valence-electron chi connectivity index (χ0n) is 7.88. The molecule has 0 spiro atoms. The van der Waals surface area contributed by atoms with E-state index in [1.807, 2.05) is 28.7 Å². The van der Waals surface area contributed by atoms with E-state index >= 15 is 0 Å². The molecule has 5 heteroatoms. The highest BCUT2D eigenvalue weighted by Gasteiger charge is 2.14. The van der Waals surface area contributed by atoms with Crippen molar-refractivity contribution < 1.29 is 9.53 Å². The lowest BCUT2D eigenvalue weighted by molar-refractivity contribution is 0.0525. The van der Waals surface area contributed by atoms with Gasteiger partial charge in [-0.1, -0.05) is 0 Å². The van der Waals surface area contributed by atoms with E-state index in [2.05, 4.69) is 15.9 Å². The summed E-state index contributed by atoms with van der Waals surface area (Å²) in [6.45, 7) is 2.07. The van der Waals surface area contributed by atoms with Gasteiger partial charge in [-0.05, 0) is 57.6 Å². The van der Waals surface area contributed by atoms with Gasteiger partial charge in [0, 0.05) is 8.04 Å². The van der Waals surface area contributed by atoms with Gasteiger partial charge in [0.05, 0.1) is 23.8 Å². The van der Waals surface area contributed by atoms with Gasteiger partial charge in [0.1, 0.15) is 0 Å².